The molecule has 0 atom stereocenters. The Bertz CT molecular complexity index is 850. The van der Waals surface area contributed by atoms with E-state index >= 15 is 0 Å². The third kappa shape index (κ3) is 3.87. The first kappa shape index (κ1) is 17.0. The van der Waals surface area contributed by atoms with Crippen molar-refractivity contribution in [2.75, 3.05) is 22.9 Å². The zero-order valence-electron chi connectivity index (χ0n) is 13.0. The van der Waals surface area contributed by atoms with Crippen molar-refractivity contribution in [1.29, 1.82) is 0 Å². The average Bonchev–Trinajstić information content (AvgIpc) is 2.45. The van der Waals surface area contributed by atoms with E-state index in [4.69, 9.17) is 0 Å². The lowest BCUT2D eigenvalue weighted by Crippen LogP contribution is -2.26. The van der Waals surface area contributed by atoms with Crippen LogP contribution in [0.25, 0.3) is 0 Å². The van der Waals surface area contributed by atoms with Crippen LogP contribution in [0, 0.1) is 12.7 Å². The summed E-state index contributed by atoms with van der Waals surface area (Å²) in [6, 6.07) is 10.4. The summed E-state index contributed by atoms with van der Waals surface area (Å²) in [5, 5.41) is 2.60. The fourth-order valence-corrected chi connectivity index (χ4v) is 2.71. The molecule has 0 radical (unpaired) electrons. The summed E-state index contributed by atoms with van der Waals surface area (Å²) in [5.74, 6) is -0.887. The highest BCUT2D eigenvalue weighted by atomic mass is 32.2. The summed E-state index contributed by atoms with van der Waals surface area (Å²) in [6.45, 7) is 1.66. The average molecular weight is 336 g/mol. The fourth-order valence-electron chi connectivity index (χ4n) is 2.15. The quantitative estimate of drug-likeness (QED) is 0.933. The largest absolute Gasteiger partial charge is 0.322 e. The van der Waals surface area contributed by atoms with E-state index in [9.17, 15) is 17.6 Å². The first-order chi connectivity index (χ1) is 10.7. The Morgan fingerprint density at radius 2 is 1.83 bits per heavy atom. The van der Waals surface area contributed by atoms with Crippen molar-refractivity contribution in [1.82, 2.24) is 0 Å². The Balaban J connectivity index is 2.35. The molecule has 1 amide bonds. The number of anilines is 2. The normalized spacial score (nSPS) is 11.1. The molecular formula is C16H17FN2O3S. The van der Waals surface area contributed by atoms with Crippen molar-refractivity contribution in [2.24, 2.45) is 0 Å². The molecule has 0 aliphatic heterocycles. The fraction of sp³-hybridized carbons (Fsp3) is 0.188. The second kappa shape index (κ2) is 6.37. The minimum atomic E-state index is -3.43. The SMILES string of the molecule is Cc1c(C(=O)Nc2cccc(F)c2)cccc1N(C)S(C)(=O)=O. The van der Waals surface area contributed by atoms with Gasteiger partial charge in [0, 0.05) is 18.3 Å². The number of carbonyl (C=O) groups is 1. The summed E-state index contributed by atoms with van der Waals surface area (Å²) < 4.78 is 37.6. The van der Waals surface area contributed by atoms with E-state index in [1.165, 1.54) is 25.2 Å². The molecule has 0 heterocycles. The number of hydrogen-bond donors (Lipinski definition) is 1. The van der Waals surface area contributed by atoms with E-state index in [1.54, 1.807) is 31.2 Å². The number of nitrogens with one attached hydrogen (secondary N) is 1. The van der Waals surface area contributed by atoms with Gasteiger partial charge in [0.25, 0.3) is 5.91 Å². The van der Waals surface area contributed by atoms with Gasteiger partial charge in [-0.2, -0.15) is 0 Å². The van der Waals surface area contributed by atoms with Crippen LogP contribution >= 0.6 is 0 Å². The van der Waals surface area contributed by atoms with Gasteiger partial charge in [-0.1, -0.05) is 12.1 Å². The third-order valence-corrected chi connectivity index (χ3v) is 4.66. The number of halogens is 1. The van der Waals surface area contributed by atoms with E-state index in [0.717, 1.165) is 10.6 Å². The number of sulfonamides is 1. The molecular weight excluding hydrogens is 319 g/mol. The van der Waals surface area contributed by atoms with Crippen LogP contribution < -0.4 is 9.62 Å². The molecule has 0 saturated heterocycles. The van der Waals surface area contributed by atoms with Crippen LogP contribution in [0.5, 0.6) is 0 Å². The maximum absolute atomic E-state index is 13.2. The van der Waals surface area contributed by atoms with E-state index in [1.807, 2.05) is 0 Å². The van der Waals surface area contributed by atoms with Crippen LogP contribution in [-0.4, -0.2) is 27.6 Å². The van der Waals surface area contributed by atoms with E-state index in [-0.39, 0.29) is 0 Å². The van der Waals surface area contributed by atoms with E-state index < -0.39 is 21.7 Å². The van der Waals surface area contributed by atoms with Crippen LogP contribution in [0.15, 0.2) is 42.5 Å². The molecule has 1 N–H and O–H groups in total. The minimum Gasteiger partial charge on any atom is -0.322 e. The predicted octanol–water partition coefficient (Wildman–Crippen LogP) is 2.78. The Morgan fingerprint density at radius 3 is 2.43 bits per heavy atom. The molecule has 0 aromatic heterocycles. The molecule has 2 aromatic rings. The summed E-state index contributed by atoms with van der Waals surface area (Å²) in [6.07, 6.45) is 1.09. The van der Waals surface area contributed by atoms with Crippen LogP contribution in [-0.2, 0) is 10.0 Å². The van der Waals surface area contributed by atoms with Gasteiger partial charge < -0.3 is 5.32 Å². The summed E-state index contributed by atoms with van der Waals surface area (Å²) in [4.78, 5) is 12.4. The highest BCUT2D eigenvalue weighted by Crippen LogP contribution is 2.24. The number of amides is 1. The van der Waals surface area contributed by atoms with Crippen molar-refractivity contribution in [3.63, 3.8) is 0 Å². The van der Waals surface area contributed by atoms with Gasteiger partial charge in [-0.25, -0.2) is 12.8 Å². The monoisotopic (exact) mass is 336 g/mol. The molecule has 122 valence electrons. The lowest BCUT2D eigenvalue weighted by molar-refractivity contribution is 0.102. The second-order valence-electron chi connectivity index (χ2n) is 5.14. The standard InChI is InChI=1S/C16H17FN2O3S/c1-11-14(8-5-9-15(11)19(2)23(3,21)22)16(20)18-13-7-4-6-12(17)10-13/h4-10H,1-3H3,(H,18,20). The second-order valence-corrected chi connectivity index (χ2v) is 7.16. The lowest BCUT2D eigenvalue weighted by Gasteiger charge is -2.20. The van der Waals surface area contributed by atoms with Gasteiger partial charge in [-0.3, -0.25) is 9.10 Å². The Labute approximate surface area is 134 Å². The smallest absolute Gasteiger partial charge is 0.256 e. The molecule has 0 spiro atoms. The maximum atomic E-state index is 13.2. The topological polar surface area (TPSA) is 66.5 Å². The highest BCUT2D eigenvalue weighted by molar-refractivity contribution is 7.92. The number of carbonyl (C=O) groups excluding carboxylic acids is 1. The van der Waals surface area contributed by atoms with Gasteiger partial charge >= 0.3 is 0 Å². The van der Waals surface area contributed by atoms with Crippen LogP contribution in [0.4, 0.5) is 15.8 Å². The van der Waals surface area contributed by atoms with Gasteiger partial charge in [-0.15, -0.1) is 0 Å². The number of benzene rings is 2. The molecule has 5 nitrogen and oxygen atoms in total. The Hall–Kier alpha value is -2.41. The number of nitrogens with zero attached hydrogens (tertiary/aromatic N) is 1. The van der Waals surface area contributed by atoms with Gasteiger partial charge in [0.1, 0.15) is 5.82 Å². The van der Waals surface area contributed by atoms with Crippen LogP contribution in [0.3, 0.4) is 0 Å². The highest BCUT2D eigenvalue weighted by Gasteiger charge is 2.18. The Morgan fingerprint density at radius 1 is 1.17 bits per heavy atom. The van der Waals surface area contributed by atoms with Crippen molar-refractivity contribution in [2.45, 2.75) is 6.92 Å². The van der Waals surface area contributed by atoms with Crippen LogP contribution in [0.1, 0.15) is 15.9 Å². The first-order valence-corrected chi connectivity index (χ1v) is 8.65. The molecule has 0 fully saturated rings. The molecule has 0 aliphatic rings. The van der Waals surface area contributed by atoms with Crippen molar-refractivity contribution >= 4 is 27.3 Å². The van der Waals surface area contributed by atoms with Crippen molar-refractivity contribution < 1.29 is 17.6 Å². The molecule has 0 saturated carbocycles. The molecule has 0 bridgehead atoms. The number of hydrogen-bond acceptors (Lipinski definition) is 3. The van der Waals surface area contributed by atoms with Gasteiger partial charge in [0.15, 0.2) is 0 Å². The molecule has 23 heavy (non-hydrogen) atoms. The first-order valence-electron chi connectivity index (χ1n) is 6.80. The molecule has 2 aromatic carbocycles. The van der Waals surface area contributed by atoms with Gasteiger partial charge in [-0.05, 0) is 42.8 Å². The van der Waals surface area contributed by atoms with Crippen LogP contribution in [0.2, 0.25) is 0 Å². The molecule has 0 unspecified atom stereocenters. The zero-order chi connectivity index (χ0) is 17.2. The van der Waals surface area contributed by atoms with Gasteiger partial charge in [0.2, 0.25) is 10.0 Å². The summed E-state index contributed by atoms with van der Waals surface area (Å²) in [7, 11) is -2.01. The predicted molar refractivity (Wildman–Crippen MR) is 88.8 cm³/mol. The third-order valence-electron chi connectivity index (χ3n) is 3.47. The zero-order valence-corrected chi connectivity index (χ0v) is 13.8. The minimum absolute atomic E-state index is 0.322. The van der Waals surface area contributed by atoms with E-state index in [0.29, 0.717) is 22.5 Å². The summed E-state index contributed by atoms with van der Waals surface area (Å²) >= 11 is 0. The van der Waals surface area contributed by atoms with Crippen molar-refractivity contribution in [3.8, 4) is 0 Å². The lowest BCUT2D eigenvalue weighted by atomic mass is 10.1. The van der Waals surface area contributed by atoms with Gasteiger partial charge in [0.05, 0.1) is 11.9 Å². The molecule has 2 rings (SSSR count). The van der Waals surface area contributed by atoms with E-state index in [2.05, 4.69) is 5.32 Å². The molecule has 7 heteroatoms. The maximum Gasteiger partial charge on any atom is 0.256 e. The van der Waals surface area contributed by atoms with Crippen molar-refractivity contribution in [3.05, 3.63) is 59.4 Å². The Kier molecular flexibility index (Phi) is 4.70. The summed E-state index contributed by atoms with van der Waals surface area (Å²) in [5.41, 5.74) is 1.59. The molecule has 0 aliphatic carbocycles. The number of rotatable bonds is 4.